The number of nitrogens with one attached hydrogen (secondary N) is 2. The highest BCUT2D eigenvalue weighted by Crippen LogP contribution is 2.55. The number of para-hydroxylation sites is 1. The summed E-state index contributed by atoms with van der Waals surface area (Å²) < 4.78 is 5.30. The second kappa shape index (κ2) is 5.86. The maximum Gasteiger partial charge on any atom is 0.340 e. The standard InChI is InChI=1S/C21H24N2O3/c24-19(23-21-8-13-5-14(9-21)7-15(6-13)10-21)12-26-20(25)17-11-22-18-4-2-1-3-16(17)18/h1-4,11,13-15,22H,5-10,12H2,(H,23,24). The molecule has 136 valence electrons. The third-order valence-electron chi connectivity index (χ3n) is 6.59. The number of aromatic nitrogens is 1. The third-order valence-corrected chi connectivity index (χ3v) is 6.59. The summed E-state index contributed by atoms with van der Waals surface area (Å²) in [6.07, 6.45) is 8.95. The molecule has 2 N–H and O–H groups in total. The Bertz CT molecular complexity index is 834. The fourth-order valence-electron chi connectivity index (χ4n) is 6.04. The summed E-state index contributed by atoms with van der Waals surface area (Å²) in [6, 6.07) is 7.57. The van der Waals surface area contributed by atoms with E-state index >= 15 is 0 Å². The van der Waals surface area contributed by atoms with E-state index in [1.54, 1.807) is 6.20 Å². The maximum absolute atomic E-state index is 12.5. The van der Waals surface area contributed by atoms with Crippen LogP contribution >= 0.6 is 0 Å². The first kappa shape index (κ1) is 15.9. The number of ether oxygens (including phenoxy) is 1. The van der Waals surface area contributed by atoms with E-state index in [1.165, 1.54) is 19.3 Å². The van der Waals surface area contributed by atoms with E-state index in [9.17, 15) is 9.59 Å². The molecule has 4 bridgehead atoms. The fourth-order valence-corrected chi connectivity index (χ4v) is 6.04. The molecule has 1 aromatic heterocycles. The molecular weight excluding hydrogens is 328 g/mol. The van der Waals surface area contributed by atoms with Crippen molar-refractivity contribution in [3.05, 3.63) is 36.0 Å². The Labute approximate surface area is 152 Å². The van der Waals surface area contributed by atoms with Crippen LogP contribution in [0.4, 0.5) is 0 Å². The van der Waals surface area contributed by atoms with Gasteiger partial charge in [0.05, 0.1) is 5.56 Å². The van der Waals surface area contributed by atoms with E-state index in [0.717, 1.165) is 47.9 Å². The zero-order valence-corrected chi connectivity index (χ0v) is 14.8. The van der Waals surface area contributed by atoms with Crippen LogP contribution in [0.5, 0.6) is 0 Å². The van der Waals surface area contributed by atoms with Crippen molar-refractivity contribution < 1.29 is 14.3 Å². The SMILES string of the molecule is O=C(COC(=O)c1c[nH]c2ccccc12)NC12CC3CC(CC(C3)C1)C2. The van der Waals surface area contributed by atoms with Crippen LogP contribution in [0.3, 0.4) is 0 Å². The van der Waals surface area contributed by atoms with Gasteiger partial charge >= 0.3 is 5.97 Å². The van der Waals surface area contributed by atoms with Crippen molar-refractivity contribution in [1.82, 2.24) is 10.3 Å². The molecule has 6 rings (SSSR count). The van der Waals surface area contributed by atoms with E-state index in [0.29, 0.717) is 5.56 Å². The smallest absolute Gasteiger partial charge is 0.340 e. The number of hydrogen-bond donors (Lipinski definition) is 2. The van der Waals surface area contributed by atoms with Crippen molar-refractivity contribution in [1.29, 1.82) is 0 Å². The van der Waals surface area contributed by atoms with E-state index in [4.69, 9.17) is 4.74 Å². The lowest BCUT2D eigenvalue weighted by atomic mass is 9.53. The van der Waals surface area contributed by atoms with Gasteiger partial charge in [-0.3, -0.25) is 4.79 Å². The number of carbonyl (C=O) groups is 2. The lowest BCUT2D eigenvalue weighted by molar-refractivity contribution is -0.130. The molecule has 1 heterocycles. The Morgan fingerprint density at radius 2 is 1.73 bits per heavy atom. The summed E-state index contributed by atoms with van der Waals surface area (Å²) in [7, 11) is 0. The number of rotatable bonds is 4. The van der Waals surface area contributed by atoms with Crippen LogP contribution in [0.15, 0.2) is 30.5 Å². The van der Waals surface area contributed by atoms with Crippen LogP contribution in [0.1, 0.15) is 48.9 Å². The zero-order chi connectivity index (χ0) is 17.7. The quantitative estimate of drug-likeness (QED) is 0.829. The van der Waals surface area contributed by atoms with Crippen LogP contribution in [-0.2, 0) is 9.53 Å². The van der Waals surface area contributed by atoms with Gasteiger partial charge in [0.15, 0.2) is 6.61 Å². The molecule has 0 aliphatic heterocycles. The minimum absolute atomic E-state index is 0.0426. The van der Waals surface area contributed by atoms with Crippen LogP contribution in [0, 0.1) is 17.8 Å². The Hall–Kier alpha value is -2.30. The molecule has 4 aliphatic carbocycles. The molecule has 4 saturated carbocycles. The number of H-pyrrole nitrogens is 1. The molecule has 1 amide bonds. The lowest BCUT2D eigenvalue weighted by Crippen LogP contribution is -2.60. The van der Waals surface area contributed by atoms with Gasteiger partial charge in [0, 0.05) is 22.6 Å². The first-order chi connectivity index (χ1) is 12.6. The highest BCUT2D eigenvalue weighted by Gasteiger charge is 2.51. The Kier molecular flexibility index (Phi) is 3.59. The summed E-state index contributed by atoms with van der Waals surface area (Å²) in [5.74, 6) is 1.70. The largest absolute Gasteiger partial charge is 0.452 e. The highest BCUT2D eigenvalue weighted by molar-refractivity contribution is 6.04. The van der Waals surface area contributed by atoms with Crippen molar-refractivity contribution in [2.45, 2.75) is 44.1 Å². The van der Waals surface area contributed by atoms with Crippen molar-refractivity contribution in [2.75, 3.05) is 6.61 Å². The number of fused-ring (bicyclic) bond motifs is 1. The van der Waals surface area contributed by atoms with Gasteiger partial charge in [-0.1, -0.05) is 18.2 Å². The summed E-state index contributed by atoms with van der Waals surface area (Å²) in [5, 5.41) is 4.06. The van der Waals surface area contributed by atoms with E-state index < -0.39 is 5.97 Å². The molecule has 0 spiro atoms. The third kappa shape index (κ3) is 2.70. The van der Waals surface area contributed by atoms with Crippen LogP contribution in [0.2, 0.25) is 0 Å². The van der Waals surface area contributed by atoms with Crippen molar-refractivity contribution in [2.24, 2.45) is 17.8 Å². The maximum atomic E-state index is 12.5. The first-order valence-corrected chi connectivity index (χ1v) is 9.64. The molecule has 1 aromatic carbocycles. The van der Waals surface area contributed by atoms with Crippen molar-refractivity contribution in [3.63, 3.8) is 0 Å². The summed E-state index contributed by atoms with van der Waals surface area (Å²) in [5.41, 5.74) is 1.32. The van der Waals surface area contributed by atoms with Gasteiger partial charge in [-0.2, -0.15) is 0 Å². The van der Waals surface area contributed by atoms with E-state index in [2.05, 4.69) is 10.3 Å². The van der Waals surface area contributed by atoms with Gasteiger partial charge in [0.25, 0.3) is 5.91 Å². The summed E-state index contributed by atoms with van der Waals surface area (Å²) >= 11 is 0. The molecule has 4 fully saturated rings. The predicted octanol–water partition coefficient (Wildman–Crippen LogP) is 3.41. The van der Waals surface area contributed by atoms with Crippen LogP contribution < -0.4 is 5.32 Å². The van der Waals surface area contributed by atoms with Crippen molar-refractivity contribution in [3.8, 4) is 0 Å². The number of amides is 1. The molecule has 5 nitrogen and oxygen atoms in total. The van der Waals surface area contributed by atoms with Gasteiger partial charge in [0.1, 0.15) is 0 Å². The average Bonchev–Trinajstić information content (AvgIpc) is 3.02. The second-order valence-electron chi connectivity index (χ2n) is 8.57. The molecule has 4 aliphatic rings. The zero-order valence-electron chi connectivity index (χ0n) is 14.8. The van der Waals surface area contributed by atoms with E-state index in [-0.39, 0.29) is 18.1 Å². The Balaban J connectivity index is 1.22. The lowest BCUT2D eigenvalue weighted by Gasteiger charge is -2.56. The normalized spacial score (nSPS) is 31.9. The van der Waals surface area contributed by atoms with Gasteiger partial charge in [-0.15, -0.1) is 0 Å². The Morgan fingerprint density at radius 3 is 2.42 bits per heavy atom. The van der Waals surface area contributed by atoms with Gasteiger partial charge < -0.3 is 15.0 Å². The highest BCUT2D eigenvalue weighted by atomic mass is 16.5. The molecule has 0 atom stereocenters. The monoisotopic (exact) mass is 352 g/mol. The minimum Gasteiger partial charge on any atom is -0.452 e. The van der Waals surface area contributed by atoms with Crippen LogP contribution in [-0.4, -0.2) is 29.0 Å². The van der Waals surface area contributed by atoms with Crippen molar-refractivity contribution >= 4 is 22.8 Å². The number of esters is 1. The Morgan fingerprint density at radius 1 is 1.08 bits per heavy atom. The molecule has 2 aromatic rings. The number of hydrogen-bond acceptors (Lipinski definition) is 3. The summed E-state index contributed by atoms with van der Waals surface area (Å²) in [4.78, 5) is 27.9. The molecule has 5 heteroatoms. The van der Waals surface area contributed by atoms with Gasteiger partial charge in [0.2, 0.25) is 0 Å². The molecule has 0 radical (unpaired) electrons. The van der Waals surface area contributed by atoms with E-state index in [1.807, 2.05) is 24.3 Å². The van der Waals surface area contributed by atoms with Gasteiger partial charge in [-0.05, 0) is 62.3 Å². The molecular formula is C21H24N2O3. The molecule has 0 unspecified atom stereocenters. The number of benzene rings is 1. The molecule has 26 heavy (non-hydrogen) atoms. The number of aromatic amines is 1. The average molecular weight is 352 g/mol. The first-order valence-electron chi connectivity index (χ1n) is 9.64. The topological polar surface area (TPSA) is 71.2 Å². The van der Waals surface area contributed by atoms with Gasteiger partial charge in [-0.25, -0.2) is 4.79 Å². The van der Waals surface area contributed by atoms with Crippen LogP contribution in [0.25, 0.3) is 10.9 Å². The minimum atomic E-state index is -0.455. The predicted molar refractivity (Wildman–Crippen MR) is 97.6 cm³/mol. The second-order valence-corrected chi connectivity index (χ2v) is 8.57. The molecule has 0 saturated heterocycles. The summed E-state index contributed by atoms with van der Waals surface area (Å²) in [6.45, 7) is -0.208. The fraction of sp³-hybridized carbons (Fsp3) is 0.524. The number of carbonyl (C=O) groups excluding carboxylic acids is 2.